The number of piperazine rings is 2. The lowest BCUT2D eigenvalue weighted by atomic mass is 9.86. The summed E-state index contributed by atoms with van der Waals surface area (Å²) in [4.78, 5) is 10.9. The average Bonchev–Trinajstić information content (AvgIpc) is 2.96. The van der Waals surface area contributed by atoms with Gasteiger partial charge in [0.1, 0.15) is 0 Å². The van der Waals surface area contributed by atoms with Gasteiger partial charge < -0.3 is 25.3 Å². The van der Waals surface area contributed by atoms with E-state index in [1.807, 2.05) is 0 Å². The zero-order valence-electron chi connectivity index (χ0n) is 27.4. The van der Waals surface area contributed by atoms with Crippen molar-refractivity contribution in [1.82, 2.24) is 19.6 Å². The van der Waals surface area contributed by atoms with Gasteiger partial charge in [0.15, 0.2) is 0 Å². The first-order valence-electron chi connectivity index (χ1n) is 17.6. The fourth-order valence-corrected chi connectivity index (χ4v) is 6.82. The maximum atomic E-state index is 7.21. The summed E-state index contributed by atoms with van der Waals surface area (Å²) in [7, 11) is 0. The van der Waals surface area contributed by atoms with Crippen molar-refractivity contribution < 1.29 is 0 Å². The van der Waals surface area contributed by atoms with Gasteiger partial charge in [-0.1, -0.05) is 92.4 Å². The second-order valence-electron chi connectivity index (χ2n) is 13.4. The van der Waals surface area contributed by atoms with E-state index >= 15 is 0 Å². The summed E-state index contributed by atoms with van der Waals surface area (Å²) in [6, 6.07) is 0. The van der Waals surface area contributed by atoms with Crippen LogP contribution in [0.3, 0.4) is 0 Å². The maximum absolute atomic E-state index is 7.21. The van der Waals surface area contributed by atoms with Gasteiger partial charge in [-0.2, -0.15) is 0 Å². The van der Waals surface area contributed by atoms with Crippen LogP contribution >= 0.6 is 0 Å². The standard InChI is InChI=1S/C34H71N5/c1-6-11-14-17-34(35,18-20-36-22-26-38(27-23-36)30-32(9-4)15-12-7-2)19-21-37-24-28-39(29-25-37)31-33(10-5)16-13-8-3/h32-33H,6-31,35H2,1-5H3. The fraction of sp³-hybridized carbons (Fsp3) is 1.00. The minimum atomic E-state index is 0.00432. The summed E-state index contributed by atoms with van der Waals surface area (Å²) < 4.78 is 0. The van der Waals surface area contributed by atoms with Crippen LogP contribution in [0, 0.1) is 11.8 Å². The molecule has 2 fully saturated rings. The molecule has 232 valence electrons. The maximum Gasteiger partial charge on any atom is 0.0178 e. The first kappa shape index (κ1) is 35.0. The Hall–Kier alpha value is -0.200. The molecule has 0 bridgehead atoms. The van der Waals surface area contributed by atoms with Gasteiger partial charge in [0.2, 0.25) is 0 Å². The molecule has 2 N–H and O–H groups in total. The van der Waals surface area contributed by atoms with E-state index in [9.17, 15) is 0 Å². The van der Waals surface area contributed by atoms with Crippen molar-refractivity contribution in [1.29, 1.82) is 0 Å². The van der Waals surface area contributed by atoms with Crippen molar-refractivity contribution in [3.63, 3.8) is 0 Å². The van der Waals surface area contributed by atoms with Crippen molar-refractivity contribution in [2.45, 2.75) is 130 Å². The van der Waals surface area contributed by atoms with Crippen LogP contribution in [0.25, 0.3) is 0 Å². The summed E-state index contributed by atoms with van der Waals surface area (Å²) in [5.74, 6) is 1.78. The SMILES string of the molecule is CCCCCC(N)(CCN1CCN(CC(CC)CCCC)CC1)CCN1CCN(CC(CC)CCCC)CC1. The van der Waals surface area contributed by atoms with Crippen molar-refractivity contribution in [2.75, 3.05) is 78.5 Å². The smallest absolute Gasteiger partial charge is 0.0178 e. The van der Waals surface area contributed by atoms with Crippen molar-refractivity contribution >= 4 is 0 Å². The molecule has 0 saturated carbocycles. The third-order valence-corrected chi connectivity index (χ3v) is 10.2. The number of hydrogen-bond acceptors (Lipinski definition) is 5. The highest BCUT2D eigenvalue weighted by Crippen LogP contribution is 2.24. The van der Waals surface area contributed by atoms with Crippen LogP contribution in [0.15, 0.2) is 0 Å². The van der Waals surface area contributed by atoms with Gasteiger partial charge in [0, 0.05) is 71.0 Å². The summed E-state index contributed by atoms with van der Waals surface area (Å²) in [6.07, 6.45) is 18.4. The van der Waals surface area contributed by atoms with Crippen LogP contribution < -0.4 is 5.73 Å². The molecular formula is C34H71N5. The minimum absolute atomic E-state index is 0.00432. The van der Waals surface area contributed by atoms with Gasteiger partial charge in [-0.05, 0) is 57.0 Å². The normalized spacial score (nSPS) is 21.7. The first-order chi connectivity index (χ1) is 18.9. The average molecular weight is 550 g/mol. The van der Waals surface area contributed by atoms with Gasteiger partial charge in [-0.25, -0.2) is 0 Å². The second-order valence-corrected chi connectivity index (χ2v) is 13.4. The Morgan fingerprint density at radius 2 is 0.897 bits per heavy atom. The van der Waals surface area contributed by atoms with Gasteiger partial charge in [0.05, 0.1) is 0 Å². The Balaban J connectivity index is 1.74. The van der Waals surface area contributed by atoms with E-state index in [0.29, 0.717) is 0 Å². The highest BCUT2D eigenvalue weighted by Gasteiger charge is 2.28. The van der Waals surface area contributed by atoms with E-state index in [-0.39, 0.29) is 5.54 Å². The molecule has 39 heavy (non-hydrogen) atoms. The Kier molecular flexibility index (Phi) is 18.5. The van der Waals surface area contributed by atoms with Crippen molar-refractivity contribution in [3.05, 3.63) is 0 Å². The molecule has 2 saturated heterocycles. The van der Waals surface area contributed by atoms with E-state index in [2.05, 4.69) is 54.2 Å². The molecular weight excluding hydrogens is 478 g/mol. The van der Waals surface area contributed by atoms with Crippen LogP contribution in [0.1, 0.15) is 125 Å². The van der Waals surface area contributed by atoms with E-state index in [4.69, 9.17) is 5.73 Å². The van der Waals surface area contributed by atoms with E-state index in [0.717, 1.165) is 11.8 Å². The molecule has 2 aliphatic rings. The number of nitrogens with two attached hydrogens (primary N) is 1. The zero-order chi connectivity index (χ0) is 28.3. The van der Waals surface area contributed by atoms with E-state index in [1.54, 1.807) is 0 Å². The molecule has 5 nitrogen and oxygen atoms in total. The topological polar surface area (TPSA) is 39.0 Å². The quantitative estimate of drug-likeness (QED) is 0.152. The van der Waals surface area contributed by atoms with Crippen LogP contribution in [0.4, 0.5) is 0 Å². The third-order valence-electron chi connectivity index (χ3n) is 10.2. The molecule has 2 unspecified atom stereocenters. The largest absolute Gasteiger partial charge is 0.325 e. The number of hydrogen-bond donors (Lipinski definition) is 1. The Bertz CT molecular complexity index is 526. The van der Waals surface area contributed by atoms with Crippen molar-refractivity contribution in [3.8, 4) is 0 Å². The monoisotopic (exact) mass is 550 g/mol. The molecule has 0 amide bonds. The van der Waals surface area contributed by atoms with Gasteiger partial charge in [-0.15, -0.1) is 0 Å². The molecule has 2 rings (SSSR count). The van der Waals surface area contributed by atoms with Gasteiger partial charge in [-0.3, -0.25) is 0 Å². The summed E-state index contributed by atoms with van der Waals surface area (Å²) in [6.45, 7) is 26.6. The third kappa shape index (κ3) is 14.5. The molecule has 5 heteroatoms. The van der Waals surface area contributed by atoms with Crippen LogP contribution in [-0.4, -0.2) is 104 Å². The Morgan fingerprint density at radius 1 is 0.513 bits per heavy atom. The van der Waals surface area contributed by atoms with Crippen LogP contribution in [0.5, 0.6) is 0 Å². The number of unbranched alkanes of at least 4 members (excludes halogenated alkanes) is 4. The summed E-state index contributed by atoms with van der Waals surface area (Å²) >= 11 is 0. The molecule has 0 radical (unpaired) electrons. The second kappa shape index (κ2) is 20.6. The lowest BCUT2D eigenvalue weighted by molar-refractivity contribution is 0.0955. The lowest BCUT2D eigenvalue weighted by Gasteiger charge is -2.40. The molecule has 0 spiro atoms. The molecule has 2 heterocycles. The predicted molar refractivity (Wildman–Crippen MR) is 173 cm³/mol. The summed E-state index contributed by atoms with van der Waals surface area (Å²) in [5, 5.41) is 0. The zero-order valence-corrected chi connectivity index (χ0v) is 27.4. The molecule has 0 aromatic heterocycles. The highest BCUT2D eigenvalue weighted by molar-refractivity contribution is 4.88. The first-order valence-corrected chi connectivity index (χ1v) is 17.6. The van der Waals surface area contributed by atoms with Crippen LogP contribution in [0.2, 0.25) is 0 Å². The predicted octanol–water partition coefficient (Wildman–Crippen LogP) is 6.71. The van der Waals surface area contributed by atoms with Gasteiger partial charge in [0.25, 0.3) is 0 Å². The molecule has 2 atom stereocenters. The highest BCUT2D eigenvalue weighted by atomic mass is 15.3. The van der Waals surface area contributed by atoms with E-state index < -0.39 is 0 Å². The molecule has 2 aliphatic heterocycles. The Morgan fingerprint density at radius 3 is 1.26 bits per heavy atom. The number of rotatable bonds is 22. The van der Waals surface area contributed by atoms with Gasteiger partial charge >= 0.3 is 0 Å². The molecule has 0 aliphatic carbocycles. The summed E-state index contributed by atoms with van der Waals surface area (Å²) in [5.41, 5.74) is 7.22. The Labute approximate surface area is 245 Å². The lowest BCUT2D eigenvalue weighted by Crippen LogP contribution is -2.52. The fourth-order valence-electron chi connectivity index (χ4n) is 6.82. The molecule has 0 aromatic rings. The molecule has 0 aromatic carbocycles. The minimum Gasteiger partial charge on any atom is -0.325 e. The number of nitrogens with zero attached hydrogens (tertiary/aromatic N) is 4. The van der Waals surface area contributed by atoms with Crippen LogP contribution in [-0.2, 0) is 0 Å². The van der Waals surface area contributed by atoms with Crippen molar-refractivity contribution in [2.24, 2.45) is 17.6 Å². The van der Waals surface area contributed by atoms with E-state index in [1.165, 1.54) is 168 Å².